The summed E-state index contributed by atoms with van der Waals surface area (Å²) in [7, 11) is -3.27. The highest BCUT2D eigenvalue weighted by Crippen LogP contribution is 2.05. The van der Waals surface area contributed by atoms with Crippen molar-refractivity contribution < 1.29 is 13.4 Å². The molecule has 0 spiro atoms. The molecule has 0 bridgehead atoms. The third-order valence-electron chi connectivity index (χ3n) is 1.79. The number of nitrogens with one attached hydrogen (secondary N) is 1. The monoisotopic (exact) mass is 216 g/mol. The van der Waals surface area contributed by atoms with Crippen molar-refractivity contribution in [3.05, 3.63) is 12.7 Å². The van der Waals surface area contributed by atoms with E-state index >= 15 is 0 Å². The lowest BCUT2D eigenvalue weighted by Gasteiger charge is -1.96. The summed E-state index contributed by atoms with van der Waals surface area (Å²) in [5.74, 6) is 0.130. The van der Waals surface area contributed by atoms with Crippen LogP contribution in [0.4, 0.5) is 0 Å². The summed E-state index contributed by atoms with van der Waals surface area (Å²) >= 11 is 0. The minimum Gasteiger partial charge on any atom is -0.253 e. The van der Waals surface area contributed by atoms with Crippen LogP contribution in [0.2, 0.25) is 0 Å². The Bertz CT molecular complexity index is 363. The van der Waals surface area contributed by atoms with Crippen LogP contribution in [0.1, 0.15) is 26.2 Å². The van der Waals surface area contributed by atoms with Gasteiger partial charge in [-0.15, -0.1) is 0 Å². The molecule has 1 heterocycles. The van der Waals surface area contributed by atoms with E-state index in [1.807, 2.05) is 6.92 Å². The minimum absolute atomic E-state index is 0.0904. The minimum atomic E-state index is -3.27. The van der Waals surface area contributed by atoms with E-state index in [1.165, 1.54) is 12.7 Å². The first-order valence-corrected chi connectivity index (χ1v) is 6.23. The normalized spacial score (nSPS) is 11.5. The number of aromatic nitrogens is 3. The highest BCUT2D eigenvalue weighted by Gasteiger charge is 2.22. The highest BCUT2D eigenvalue weighted by atomic mass is 32.2. The molecule has 0 saturated heterocycles. The first-order chi connectivity index (χ1) is 6.67. The van der Waals surface area contributed by atoms with E-state index in [0.717, 1.165) is 12.8 Å². The fraction of sp³-hybridized carbons (Fsp3) is 0.625. The van der Waals surface area contributed by atoms with E-state index in [4.69, 9.17) is 0 Å². The second kappa shape index (κ2) is 4.99. The van der Waals surface area contributed by atoms with Crippen LogP contribution in [-0.2, 0) is 9.84 Å². The van der Waals surface area contributed by atoms with Crippen LogP contribution in [-0.4, -0.2) is 24.1 Å². The van der Waals surface area contributed by atoms with E-state index in [1.54, 1.807) is 0 Å². The van der Waals surface area contributed by atoms with Crippen LogP contribution < -0.4 is 4.98 Å². The van der Waals surface area contributed by atoms with Crippen molar-refractivity contribution in [3.63, 3.8) is 0 Å². The Labute approximate surface area is 83.5 Å². The van der Waals surface area contributed by atoms with Crippen molar-refractivity contribution in [2.45, 2.75) is 31.3 Å². The number of H-pyrrole nitrogens is 1. The van der Waals surface area contributed by atoms with E-state index in [9.17, 15) is 8.42 Å². The Hall–Kier alpha value is -1.04. The van der Waals surface area contributed by atoms with Crippen LogP contribution in [0.15, 0.2) is 17.8 Å². The number of sulfone groups is 1. The number of rotatable bonds is 5. The molecule has 0 aliphatic heterocycles. The van der Waals surface area contributed by atoms with Crippen LogP contribution >= 0.6 is 0 Å². The Morgan fingerprint density at radius 3 is 2.50 bits per heavy atom. The fourth-order valence-electron chi connectivity index (χ4n) is 1.05. The molecular formula is C8H14N3O2S+. The van der Waals surface area contributed by atoms with Gasteiger partial charge in [-0.25, -0.2) is 8.42 Å². The molecule has 14 heavy (non-hydrogen) atoms. The van der Waals surface area contributed by atoms with Crippen LogP contribution in [0.3, 0.4) is 0 Å². The molecule has 1 aromatic heterocycles. The van der Waals surface area contributed by atoms with Crippen molar-refractivity contribution in [2.75, 3.05) is 5.75 Å². The third kappa shape index (κ3) is 3.02. The Kier molecular flexibility index (Phi) is 3.94. The average molecular weight is 216 g/mol. The zero-order valence-corrected chi connectivity index (χ0v) is 8.92. The van der Waals surface area contributed by atoms with Gasteiger partial charge in [0.05, 0.1) is 5.75 Å². The van der Waals surface area contributed by atoms with Crippen LogP contribution in [0, 0.1) is 0 Å². The number of unbranched alkanes of at least 4 members (excludes halogenated alkanes) is 2. The first kappa shape index (κ1) is 11.0. The SMILES string of the molecule is CCCCCS(=O)(=O)c1nc[nH+]cn1. The van der Waals surface area contributed by atoms with Gasteiger partial charge in [-0.1, -0.05) is 29.7 Å². The van der Waals surface area contributed by atoms with E-state index < -0.39 is 9.84 Å². The Morgan fingerprint density at radius 2 is 1.93 bits per heavy atom. The van der Waals surface area contributed by atoms with E-state index in [0.29, 0.717) is 6.42 Å². The predicted octanol–water partition coefficient (Wildman–Crippen LogP) is 0.255. The lowest BCUT2D eigenvalue weighted by molar-refractivity contribution is -0.389. The summed E-state index contributed by atoms with van der Waals surface area (Å²) in [6.07, 6.45) is 5.22. The largest absolute Gasteiger partial charge is 0.393 e. The summed E-state index contributed by atoms with van der Waals surface area (Å²) in [4.78, 5) is 9.93. The van der Waals surface area contributed by atoms with Gasteiger partial charge in [-0.3, -0.25) is 4.98 Å². The molecule has 0 fully saturated rings. The highest BCUT2D eigenvalue weighted by molar-refractivity contribution is 7.91. The molecule has 78 valence electrons. The van der Waals surface area contributed by atoms with Gasteiger partial charge >= 0.3 is 5.16 Å². The third-order valence-corrected chi connectivity index (χ3v) is 3.39. The van der Waals surface area contributed by atoms with Gasteiger partial charge in [0.15, 0.2) is 0 Å². The van der Waals surface area contributed by atoms with Crippen molar-refractivity contribution in [1.82, 2.24) is 9.97 Å². The number of nitrogens with zero attached hydrogens (tertiary/aromatic N) is 2. The van der Waals surface area contributed by atoms with Gasteiger partial charge in [-0.2, -0.15) is 0 Å². The maximum absolute atomic E-state index is 11.6. The predicted molar refractivity (Wildman–Crippen MR) is 50.2 cm³/mol. The van der Waals surface area contributed by atoms with Gasteiger partial charge in [0.2, 0.25) is 22.5 Å². The Balaban J connectivity index is 2.67. The molecule has 5 nitrogen and oxygen atoms in total. The lowest BCUT2D eigenvalue weighted by atomic mass is 10.3. The maximum atomic E-state index is 11.6. The van der Waals surface area contributed by atoms with Crippen molar-refractivity contribution in [2.24, 2.45) is 0 Å². The zero-order chi connectivity index (χ0) is 10.4. The molecule has 6 heteroatoms. The fourth-order valence-corrected chi connectivity index (χ4v) is 2.24. The van der Waals surface area contributed by atoms with Gasteiger partial charge in [0, 0.05) is 0 Å². The molecule has 0 unspecified atom stereocenters. The van der Waals surface area contributed by atoms with E-state index in [2.05, 4.69) is 15.0 Å². The smallest absolute Gasteiger partial charge is 0.253 e. The second-order valence-electron chi connectivity index (χ2n) is 2.99. The van der Waals surface area contributed by atoms with Gasteiger partial charge in [-0.05, 0) is 6.42 Å². The second-order valence-corrected chi connectivity index (χ2v) is 4.99. The summed E-state index contributed by atoms with van der Waals surface area (Å²) < 4.78 is 23.1. The number of hydrogen-bond donors (Lipinski definition) is 0. The summed E-state index contributed by atoms with van der Waals surface area (Å²) in [5, 5.41) is -0.0904. The van der Waals surface area contributed by atoms with Crippen LogP contribution in [0.5, 0.6) is 0 Å². The molecule has 1 N–H and O–H groups in total. The summed E-state index contributed by atoms with van der Waals surface area (Å²) in [6.45, 7) is 2.03. The van der Waals surface area contributed by atoms with Crippen molar-refractivity contribution in [1.29, 1.82) is 0 Å². The molecule has 0 amide bonds. The molecule has 0 atom stereocenters. The molecular weight excluding hydrogens is 202 g/mol. The quantitative estimate of drug-likeness (QED) is 0.661. The zero-order valence-electron chi connectivity index (χ0n) is 8.10. The van der Waals surface area contributed by atoms with Crippen molar-refractivity contribution in [3.8, 4) is 0 Å². The standard InChI is InChI=1S/C8H13N3O2S/c1-2-3-4-5-14(12,13)8-10-6-9-7-11-8/h6-7H,2-5H2,1H3/p+1. The molecule has 1 aromatic rings. The Morgan fingerprint density at radius 1 is 1.29 bits per heavy atom. The molecule has 0 aromatic carbocycles. The summed E-state index contributed by atoms with van der Waals surface area (Å²) in [5.41, 5.74) is 0. The van der Waals surface area contributed by atoms with Gasteiger partial charge in [0.25, 0.3) is 0 Å². The first-order valence-electron chi connectivity index (χ1n) is 4.57. The maximum Gasteiger partial charge on any atom is 0.393 e. The van der Waals surface area contributed by atoms with Gasteiger partial charge in [0.1, 0.15) is 0 Å². The lowest BCUT2D eigenvalue weighted by Crippen LogP contribution is -2.14. The summed E-state index contributed by atoms with van der Waals surface area (Å²) in [6, 6.07) is 0. The molecule has 0 aliphatic rings. The van der Waals surface area contributed by atoms with Crippen LogP contribution in [0.25, 0.3) is 0 Å². The number of aromatic amines is 1. The average Bonchev–Trinajstić information content (AvgIpc) is 2.19. The molecule has 0 aliphatic carbocycles. The number of hydrogen-bond acceptors (Lipinski definition) is 4. The molecule has 1 rings (SSSR count). The molecule has 0 radical (unpaired) electrons. The molecule has 0 saturated carbocycles. The van der Waals surface area contributed by atoms with Crippen molar-refractivity contribution >= 4 is 9.84 Å². The van der Waals surface area contributed by atoms with E-state index in [-0.39, 0.29) is 10.9 Å². The topological polar surface area (TPSA) is 74.1 Å². The van der Waals surface area contributed by atoms with Gasteiger partial charge < -0.3 is 0 Å².